The predicted molar refractivity (Wildman–Crippen MR) is 115 cm³/mol. The number of hydrogen-bond acceptors (Lipinski definition) is 5. The van der Waals surface area contributed by atoms with Crippen LogP contribution in [0, 0.1) is 5.82 Å². The molecule has 6 nitrogen and oxygen atoms in total. The standard InChI is InChI=1S/C17H23FN6S.HI/c1-3-15-22-13(11-25-15)9-21-17(19-2)23-12-6-8-24(10-12)16-14(18)5-4-7-20-16;/h4-5,7,11-12H,3,6,8-10H2,1-2H3,(H2,19,21,23);1H. The second-order valence-electron chi connectivity index (χ2n) is 5.90. The average molecular weight is 490 g/mol. The van der Waals surface area contributed by atoms with Gasteiger partial charge < -0.3 is 15.5 Å². The maximum Gasteiger partial charge on any atom is 0.191 e. The Kier molecular flexibility index (Phi) is 8.01. The van der Waals surface area contributed by atoms with Crippen molar-refractivity contribution < 1.29 is 4.39 Å². The van der Waals surface area contributed by atoms with E-state index >= 15 is 0 Å². The average Bonchev–Trinajstić information content (AvgIpc) is 3.28. The first-order chi connectivity index (χ1) is 12.2. The number of aliphatic imine (C=N–C) groups is 1. The highest BCUT2D eigenvalue weighted by Gasteiger charge is 2.25. The van der Waals surface area contributed by atoms with Crippen LogP contribution >= 0.6 is 35.3 Å². The van der Waals surface area contributed by atoms with E-state index in [1.807, 2.05) is 4.90 Å². The molecule has 3 rings (SSSR count). The van der Waals surface area contributed by atoms with Gasteiger partial charge in [0.05, 0.1) is 17.2 Å². The first-order valence-corrected chi connectivity index (χ1v) is 9.33. The Bertz CT molecular complexity index is 738. The summed E-state index contributed by atoms with van der Waals surface area (Å²) in [5.74, 6) is 0.879. The normalized spacial score (nSPS) is 17.1. The Morgan fingerprint density at radius 3 is 3.04 bits per heavy atom. The summed E-state index contributed by atoms with van der Waals surface area (Å²) in [6.45, 7) is 4.22. The highest BCUT2D eigenvalue weighted by atomic mass is 127. The summed E-state index contributed by atoms with van der Waals surface area (Å²) in [7, 11) is 1.75. The summed E-state index contributed by atoms with van der Waals surface area (Å²) >= 11 is 1.68. The van der Waals surface area contributed by atoms with E-state index in [4.69, 9.17) is 0 Å². The van der Waals surface area contributed by atoms with Gasteiger partial charge in [-0.15, -0.1) is 35.3 Å². The van der Waals surface area contributed by atoms with E-state index < -0.39 is 0 Å². The van der Waals surface area contributed by atoms with Gasteiger partial charge in [0.1, 0.15) is 0 Å². The molecule has 1 atom stereocenters. The monoisotopic (exact) mass is 490 g/mol. The fourth-order valence-corrected chi connectivity index (χ4v) is 3.58. The zero-order valence-corrected chi connectivity index (χ0v) is 18.1. The summed E-state index contributed by atoms with van der Waals surface area (Å²) in [4.78, 5) is 14.9. The van der Waals surface area contributed by atoms with Crippen LogP contribution in [0.2, 0.25) is 0 Å². The number of aromatic nitrogens is 2. The van der Waals surface area contributed by atoms with Crippen molar-refractivity contribution in [1.29, 1.82) is 0 Å². The van der Waals surface area contributed by atoms with Crippen LogP contribution in [0.25, 0.3) is 0 Å². The highest BCUT2D eigenvalue weighted by Crippen LogP contribution is 2.20. The molecule has 0 amide bonds. The molecule has 0 aromatic carbocycles. The van der Waals surface area contributed by atoms with Crippen LogP contribution in [0.15, 0.2) is 28.7 Å². The summed E-state index contributed by atoms with van der Waals surface area (Å²) in [6.07, 6.45) is 3.49. The predicted octanol–water partition coefficient (Wildman–Crippen LogP) is 2.80. The fraction of sp³-hybridized carbons (Fsp3) is 0.471. The van der Waals surface area contributed by atoms with Gasteiger partial charge in [-0.2, -0.15) is 0 Å². The van der Waals surface area contributed by atoms with Crippen LogP contribution in [-0.2, 0) is 13.0 Å². The Balaban J connectivity index is 0.00000243. The van der Waals surface area contributed by atoms with Crippen molar-refractivity contribution in [3.8, 4) is 0 Å². The van der Waals surface area contributed by atoms with Gasteiger partial charge in [-0.05, 0) is 25.0 Å². The molecule has 0 bridgehead atoms. The van der Waals surface area contributed by atoms with Gasteiger partial charge in [0, 0.05) is 37.8 Å². The number of nitrogens with zero attached hydrogens (tertiary/aromatic N) is 4. The summed E-state index contributed by atoms with van der Waals surface area (Å²) in [5.41, 5.74) is 1.02. The molecule has 0 radical (unpaired) electrons. The number of pyridine rings is 1. The minimum atomic E-state index is -0.277. The largest absolute Gasteiger partial charge is 0.352 e. The number of hydrogen-bond donors (Lipinski definition) is 2. The molecule has 2 N–H and O–H groups in total. The number of aryl methyl sites for hydroxylation is 1. The molecule has 0 saturated carbocycles. The van der Waals surface area contributed by atoms with E-state index in [0.717, 1.165) is 36.0 Å². The first-order valence-electron chi connectivity index (χ1n) is 8.45. The minimum Gasteiger partial charge on any atom is -0.352 e. The lowest BCUT2D eigenvalue weighted by Crippen LogP contribution is -2.44. The molecule has 2 aromatic rings. The second-order valence-corrected chi connectivity index (χ2v) is 6.84. The first kappa shape index (κ1) is 20.8. The molecule has 9 heteroatoms. The molecule has 3 heterocycles. The zero-order valence-electron chi connectivity index (χ0n) is 14.9. The van der Waals surface area contributed by atoms with E-state index in [1.54, 1.807) is 30.6 Å². The molecule has 1 unspecified atom stereocenters. The number of halogens is 2. The molecule has 1 aliphatic heterocycles. The maximum absolute atomic E-state index is 13.9. The van der Waals surface area contributed by atoms with Gasteiger partial charge in [-0.25, -0.2) is 14.4 Å². The van der Waals surface area contributed by atoms with Crippen molar-refractivity contribution in [3.05, 3.63) is 40.2 Å². The van der Waals surface area contributed by atoms with E-state index in [2.05, 4.69) is 37.9 Å². The molecular weight excluding hydrogens is 466 g/mol. The summed E-state index contributed by atoms with van der Waals surface area (Å²) in [6, 6.07) is 3.26. The van der Waals surface area contributed by atoms with Crippen molar-refractivity contribution in [2.75, 3.05) is 25.0 Å². The lowest BCUT2D eigenvalue weighted by molar-refractivity contribution is 0.612. The lowest BCUT2D eigenvalue weighted by atomic mass is 10.3. The van der Waals surface area contributed by atoms with Crippen molar-refractivity contribution in [1.82, 2.24) is 20.6 Å². The molecule has 0 aliphatic carbocycles. The number of guanidine groups is 1. The molecule has 1 aliphatic rings. The number of nitrogens with one attached hydrogen (secondary N) is 2. The van der Waals surface area contributed by atoms with E-state index in [9.17, 15) is 4.39 Å². The van der Waals surface area contributed by atoms with Gasteiger partial charge in [0.2, 0.25) is 0 Å². The third-order valence-electron chi connectivity index (χ3n) is 4.13. The number of thiazole rings is 1. The number of rotatable bonds is 5. The molecule has 1 fully saturated rings. The third kappa shape index (κ3) is 5.26. The van der Waals surface area contributed by atoms with Crippen LogP contribution in [0.5, 0.6) is 0 Å². The van der Waals surface area contributed by atoms with Crippen LogP contribution in [0.1, 0.15) is 24.0 Å². The van der Waals surface area contributed by atoms with E-state index in [1.165, 1.54) is 6.07 Å². The molecular formula is C17H24FIN6S. The SMILES string of the molecule is CCc1nc(CNC(=NC)NC2CCN(c3ncccc3F)C2)cs1.I. The topological polar surface area (TPSA) is 65.4 Å². The Morgan fingerprint density at radius 2 is 2.35 bits per heavy atom. The van der Waals surface area contributed by atoms with Crippen molar-refractivity contribution >= 4 is 47.1 Å². The van der Waals surface area contributed by atoms with E-state index in [-0.39, 0.29) is 35.8 Å². The molecule has 142 valence electrons. The van der Waals surface area contributed by atoms with Crippen LogP contribution in [0.3, 0.4) is 0 Å². The maximum atomic E-state index is 13.9. The smallest absolute Gasteiger partial charge is 0.191 e. The highest BCUT2D eigenvalue weighted by molar-refractivity contribution is 14.0. The van der Waals surface area contributed by atoms with Crippen molar-refractivity contribution in [2.45, 2.75) is 32.4 Å². The van der Waals surface area contributed by atoms with E-state index in [0.29, 0.717) is 18.9 Å². The molecule has 1 saturated heterocycles. The molecule has 2 aromatic heterocycles. The van der Waals surface area contributed by atoms with Crippen LogP contribution < -0.4 is 15.5 Å². The quantitative estimate of drug-likeness (QED) is 0.384. The number of anilines is 1. The van der Waals surface area contributed by atoms with Crippen LogP contribution in [0.4, 0.5) is 10.2 Å². The Morgan fingerprint density at radius 1 is 1.50 bits per heavy atom. The van der Waals surface area contributed by atoms with Gasteiger partial charge in [0.25, 0.3) is 0 Å². The lowest BCUT2D eigenvalue weighted by Gasteiger charge is -2.19. The Hall–Kier alpha value is -1.49. The van der Waals surface area contributed by atoms with Gasteiger partial charge >= 0.3 is 0 Å². The zero-order chi connectivity index (χ0) is 17.6. The van der Waals surface area contributed by atoms with Gasteiger partial charge in [-0.3, -0.25) is 4.99 Å². The minimum absolute atomic E-state index is 0. The third-order valence-corrected chi connectivity index (χ3v) is 5.17. The van der Waals surface area contributed by atoms with Crippen molar-refractivity contribution in [2.24, 2.45) is 4.99 Å². The molecule has 0 spiro atoms. The summed E-state index contributed by atoms with van der Waals surface area (Å²) < 4.78 is 13.9. The summed E-state index contributed by atoms with van der Waals surface area (Å²) in [5, 5.41) is 9.90. The van der Waals surface area contributed by atoms with Gasteiger partial charge in [-0.1, -0.05) is 6.92 Å². The second kappa shape index (κ2) is 10.0. The van der Waals surface area contributed by atoms with Gasteiger partial charge in [0.15, 0.2) is 17.6 Å². The fourth-order valence-electron chi connectivity index (χ4n) is 2.84. The van der Waals surface area contributed by atoms with Crippen LogP contribution in [-0.4, -0.2) is 42.1 Å². The molecule has 26 heavy (non-hydrogen) atoms. The Labute approximate surface area is 174 Å². The van der Waals surface area contributed by atoms with Crippen molar-refractivity contribution in [3.63, 3.8) is 0 Å².